The van der Waals surface area contributed by atoms with Crippen molar-refractivity contribution in [1.29, 1.82) is 0 Å². The molecule has 2 unspecified atom stereocenters. The summed E-state index contributed by atoms with van der Waals surface area (Å²) in [5.41, 5.74) is 2.24. The number of hydrogen-bond donors (Lipinski definition) is 2. The Hall–Kier alpha value is -1.55. The minimum Gasteiger partial charge on any atom is -0.496 e. The Morgan fingerprint density at radius 2 is 2.25 bits per heavy atom. The number of methoxy groups -OCH3 is 1. The third-order valence-corrected chi connectivity index (χ3v) is 4.00. The van der Waals surface area contributed by atoms with Crippen LogP contribution in [0.3, 0.4) is 0 Å². The van der Waals surface area contributed by atoms with Crippen LogP contribution in [0.1, 0.15) is 30.4 Å². The molecule has 1 aliphatic rings. The molecule has 0 spiro atoms. The maximum atomic E-state index is 11.9. The molecule has 0 saturated heterocycles. The highest BCUT2D eigenvalue weighted by molar-refractivity contribution is 5.79. The average Bonchev–Trinajstić information content (AvgIpc) is 2.87. The van der Waals surface area contributed by atoms with Gasteiger partial charge in [-0.2, -0.15) is 0 Å². The lowest BCUT2D eigenvalue weighted by atomic mass is 10.0. The van der Waals surface area contributed by atoms with E-state index >= 15 is 0 Å². The molecule has 0 radical (unpaired) electrons. The van der Waals surface area contributed by atoms with Crippen molar-refractivity contribution in [3.8, 4) is 5.75 Å². The summed E-state index contributed by atoms with van der Waals surface area (Å²) in [5, 5.41) is 12.6. The van der Waals surface area contributed by atoms with Crippen LogP contribution in [0, 0.1) is 12.8 Å². The number of carbonyl (C=O) groups excluding carboxylic acids is 1. The molecule has 1 amide bonds. The summed E-state index contributed by atoms with van der Waals surface area (Å²) in [6.07, 6.45) is 2.78. The van der Waals surface area contributed by atoms with E-state index in [4.69, 9.17) is 4.74 Å². The van der Waals surface area contributed by atoms with E-state index in [2.05, 4.69) is 11.4 Å². The number of hydrogen-bond acceptors (Lipinski definition) is 3. The molecule has 0 bridgehead atoms. The number of aliphatic hydroxyl groups is 1. The second-order valence-corrected chi connectivity index (χ2v) is 5.45. The fourth-order valence-electron chi connectivity index (χ4n) is 2.73. The van der Waals surface area contributed by atoms with E-state index in [1.54, 1.807) is 7.11 Å². The first-order chi connectivity index (χ1) is 9.61. The first-order valence-corrected chi connectivity index (χ1v) is 7.21. The number of aryl methyl sites for hydroxylation is 1. The predicted molar refractivity (Wildman–Crippen MR) is 77.8 cm³/mol. The first-order valence-electron chi connectivity index (χ1n) is 7.21. The van der Waals surface area contributed by atoms with Gasteiger partial charge in [0.1, 0.15) is 5.75 Å². The van der Waals surface area contributed by atoms with Gasteiger partial charge < -0.3 is 15.2 Å². The summed E-state index contributed by atoms with van der Waals surface area (Å²) in [5.74, 6) is 0.636. The molecule has 1 saturated carbocycles. The molecule has 2 N–H and O–H groups in total. The van der Waals surface area contributed by atoms with Gasteiger partial charge in [0, 0.05) is 6.54 Å². The Morgan fingerprint density at radius 1 is 1.45 bits per heavy atom. The number of carbonyl (C=O) groups is 1. The fraction of sp³-hybridized carbons (Fsp3) is 0.562. The van der Waals surface area contributed by atoms with Gasteiger partial charge in [-0.3, -0.25) is 4.79 Å². The fourth-order valence-corrected chi connectivity index (χ4v) is 2.73. The van der Waals surface area contributed by atoms with Crippen molar-refractivity contribution in [2.75, 3.05) is 13.7 Å². The smallest absolute Gasteiger partial charge is 0.225 e. The summed E-state index contributed by atoms with van der Waals surface area (Å²) in [7, 11) is 1.66. The van der Waals surface area contributed by atoms with Crippen LogP contribution in [-0.2, 0) is 11.2 Å². The molecule has 4 heteroatoms. The van der Waals surface area contributed by atoms with Gasteiger partial charge in [-0.15, -0.1) is 0 Å². The number of rotatable bonds is 5. The Kier molecular flexibility index (Phi) is 5.01. The maximum Gasteiger partial charge on any atom is 0.225 e. The van der Waals surface area contributed by atoms with Crippen LogP contribution < -0.4 is 10.1 Å². The quantitative estimate of drug-likeness (QED) is 0.863. The third kappa shape index (κ3) is 3.51. The van der Waals surface area contributed by atoms with Crippen LogP contribution in [-0.4, -0.2) is 30.8 Å². The number of nitrogens with one attached hydrogen (secondary N) is 1. The van der Waals surface area contributed by atoms with E-state index in [0.717, 1.165) is 42.6 Å². The lowest BCUT2D eigenvalue weighted by Gasteiger charge is -2.14. The van der Waals surface area contributed by atoms with Gasteiger partial charge in [-0.1, -0.05) is 12.1 Å². The highest BCUT2D eigenvalue weighted by atomic mass is 16.5. The zero-order chi connectivity index (χ0) is 14.5. The average molecular weight is 277 g/mol. The largest absolute Gasteiger partial charge is 0.496 e. The Labute approximate surface area is 120 Å². The van der Waals surface area contributed by atoms with E-state index in [9.17, 15) is 9.90 Å². The molecule has 4 nitrogen and oxygen atoms in total. The van der Waals surface area contributed by atoms with E-state index in [-0.39, 0.29) is 11.8 Å². The molecule has 0 aromatic heterocycles. The molecule has 2 atom stereocenters. The van der Waals surface area contributed by atoms with Crippen LogP contribution in [0.4, 0.5) is 0 Å². The lowest BCUT2D eigenvalue weighted by Crippen LogP contribution is -2.35. The Balaban J connectivity index is 1.82. The second kappa shape index (κ2) is 6.75. The van der Waals surface area contributed by atoms with Crippen molar-refractivity contribution in [2.24, 2.45) is 5.92 Å². The molecular formula is C16H23NO3. The highest BCUT2D eigenvalue weighted by Crippen LogP contribution is 2.25. The van der Waals surface area contributed by atoms with Gasteiger partial charge in [0.2, 0.25) is 5.91 Å². The van der Waals surface area contributed by atoms with Crippen LogP contribution in [0.15, 0.2) is 18.2 Å². The van der Waals surface area contributed by atoms with E-state index in [0.29, 0.717) is 6.54 Å². The molecule has 1 aliphatic carbocycles. The van der Waals surface area contributed by atoms with Crippen LogP contribution in [0.2, 0.25) is 0 Å². The molecule has 20 heavy (non-hydrogen) atoms. The molecule has 0 aliphatic heterocycles. The van der Waals surface area contributed by atoms with Crippen molar-refractivity contribution in [3.63, 3.8) is 0 Å². The Bertz CT molecular complexity index is 473. The second-order valence-electron chi connectivity index (χ2n) is 5.45. The zero-order valence-corrected chi connectivity index (χ0v) is 12.2. The zero-order valence-electron chi connectivity index (χ0n) is 12.2. The van der Waals surface area contributed by atoms with Crippen molar-refractivity contribution in [3.05, 3.63) is 29.3 Å². The van der Waals surface area contributed by atoms with Gasteiger partial charge in [0.25, 0.3) is 0 Å². The van der Waals surface area contributed by atoms with Gasteiger partial charge in [-0.25, -0.2) is 0 Å². The summed E-state index contributed by atoms with van der Waals surface area (Å²) in [6.45, 7) is 2.60. The first kappa shape index (κ1) is 14.9. The molecule has 1 aromatic carbocycles. The van der Waals surface area contributed by atoms with E-state index in [1.165, 1.54) is 0 Å². The SMILES string of the molecule is COc1cc(CCNC(=O)C2CCCC2O)ccc1C. The minimum atomic E-state index is -0.463. The number of benzene rings is 1. The van der Waals surface area contributed by atoms with Crippen molar-refractivity contribution in [2.45, 2.75) is 38.7 Å². The standard InChI is InChI=1S/C16H23NO3/c1-11-6-7-12(10-15(11)20-2)8-9-17-16(19)13-4-3-5-14(13)18/h6-7,10,13-14,18H,3-5,8-9H2,1-2H3,(H,17,19). The van der Waals surface area contributed by atoms with Gasteiger partial charge in [0.15, 0.2) is 0 Å². The molecule has 110 valence electrons. The Morgan fingerprint density at radius 3 is 2.90 bits per heavy atom. The minimum absolute atomic E-state index is 0.0194. The topological polar surface area (TPSA) is 58.6 Å². The van der Waals surface area contributed by atoms with Crippen LogP contribution >= 0.6 is 0 Å². The van der Waals surface area contributed by atoms with Crippen LogP contribution in [0.5, 0.6) is 5.75 Å². The predicted octanol–water partition coefficient (Wildman–Crippen LogP) is 1.82. The molecule has 1 fully saturated rings. The summed E-state index contributed by atoms with van der Waals surface area (Å²) in [4.78, 5) is 11.9. The maximum absolute atomic E-state index is 11.9. The normalized spacial score (nSPS) is 21.8. The van der Waals surface area contributed by atoms with Crippen LogP contribution in [0.25, 0.3) is 0 Å². The van der Waals surface area contributed by atoms with Gasteiger partial charge >= 0.3 is 0 Å². The van der Waals surface area contributed by atoms with Crippen molar-refractivity contribution in [1.82, 2.24) is 5.32 Å². The number of ether oxygens (including phenoxy) is 1. The lowest BCUT2D eigenvalue weighted by molar-refractivity contribution is -0.127. The number of aliphatic hydroxyl groups excluding tert-OH is 1. The monoisotopic (exact) mass is 277 g/mol. The van der Waals surface area contributed by atoms with E-state index < -0.39 is 6.10 Å². The van der Waals surface area contributed by atoms with Gasteiger partial charge in [-0.05, 0) is 49.8 Å². The number of amides is 1. The van der Waals surface area contributed by atoms with E-state index in [1.807, 2.05) is 19.1 Å². The van der Waals surface area contributed by atoms with Crippen molar-refractivity contribution < 1.29 is 14.6 Å². The summed E-state index contributed by atoms with van der Waals surface area (Å²) >= 11 is 0. The summed E-state index contributed by atoms with van der Waals surface area (Å²) in [6, 6.07) is 6.08. The molecule has 2 rings (SSSR count). The third-order valence-electron chi connectivity index (χ3n) is 4.00. The highest BCUT2D eigenvalue weighted by Gasteiger charge is 2.30. The molecule has 0 heterocycles. The molecule has 1 aromatic rings. The van der Waals surface area contributed by atoms with Crippen molar-refractivity contribution >= 4 is 5.91 Å². The van der Waals surface area contributed by atoms with Gasteiger partial charge in [0.05, 0.1) is 19.1 Å². The molecular weight excluding hydrogens is 254 g/mol. The summed E-state index contributed by atoms with van der Waals surface area (Å²) < 4.78 is 5.29.